The molecule has 0 spiro atoms. The molecule has 0 saturated heterocycles. The van der Waals surface area contributed by atoms with Crippen LogP contribution in [-0.2, 0) is 4.79 Å². The maximum Gasteiger partial charge on any atom is 0.238 e. The van der Waals surface area contributed by atoms with Gasteiger partial charge in [-0.2, -0.15) is 5.26 Å². The van der Waals surface area contributed by atoms with E-state index in [0.717, 1.165) is 11.8 Å². The highest BCUT2D eigenvalue weighted by atomic mass is 32.2. The summed E-state index contributed by atoms with van der Waals surface area (Å²) in [5.41, 5.74) is 1.21. The fourth-order valence-corrected chi connectivity index (χ4v) is 2.91. The first-order valence-corrected chi connectivity index (χ1v) is 8.03. The summed E-state index contributed by atoms with van der Waals surface area (Å²) in [6.07, 6.45) is 0. The van der Waals surface area contributed by atoms with Crippen molar-refractivity contribution in [3.8, 4) is 6.07 Å². The molecule has 1 N–H and O–H groups in total. The van der Waals surface area contributed by atoms with E-state index in [9.17, 15) is 14.9 Å². The van der Waals surface area contributed by atoms with Gasteiger partial charge in [0, 0.05) is 17.3 Å². The number of amides is 1. The SMILES string of the molecule is CC(=O)c1cc(C#N)c(S[C@@H](C)C(=O)Nc2cc(C)on2)nc1C. The number of nitrogens with one attached hydrogen (secondary N) is 1. The van der Waals surface area contributed by atoms with Gasteiger partial charge in [-0.25, -0.2) is 4.98 Å². The van der Waals surface area contributed by atoms with Gasteiger partial charge in [0.05, 0.1) is 10.8 Å². The molecule has 7 nitrogen and oxygen atoms in total. The summed E-state index contributed by atoms with van der Waals surface area (Å²) < 4.78 is 4.89. The Hall–Kier alpha value is -2.66. The number of hydrogen-bond acceptors (Lipinski definition) is 7. The summed E-state index contributed by atoms with van der Waals surface area (Å²) in [5, 5.41) is 15.5. The van der Waals surface area contributed by atoms with Crippen molar-refractivity contribution < 1.29 is 14.1 Å². The Morgan fingerprint density at radius 2 is 2.08 bits per heavy atom. The molecule has 2 rings (SSSR count). The molecule has 124 valence electrons. The molecule has 2 heterocycles. The number of carbonyl (C=O) groups is 2. The number of carbonyl (C=O) groups excluding carboxylic acids is 2. The van der Waals surface area contributed by atoms with Gasteiger partial charge >= 0.3 is 0 Å². The first-order chi connectivity index (χ1) is 11.3. The highest BCUT2D eigenvalue weighted by Crippen LogP contribution is 2.27. The van der Waals surface area contributed by atoms with Crippen molar-refractivity contribution >= 4 is 29.3 Å². The van der Waals surface area contributed by atoms with Crippen LogP contribution in [0.2, 0.25) is 0 Å². The Balaban J connectivity index is 2.17. The number of anilines is 1. The van der Waals surface area contributed by atoms with Gasteiger partial charge in [0.1, 0.15) is 16.9 Å². The van der Waals surface area contributed by atoms with E-state index in [1.54, 1.807) is 26.8 Å². The molecule has 0 aromatic carbocycles. The van der Waals surface area contributed by atoms with Crippen LogP contribution < -0.4 is 5.32 Å². The normalized spacial score (nSPS) is 11.6. The molecule has 0 aliphatic rings. The molecular formula is C16H16N4O3S. The van der Waals surface area contributed by atoms with E-state index in [4.69, 9.17) is 4.52 Å². The van der Waals surface area contributed by atoms with Crippen LogP contribution in [-0.4, -0.2) is 27.1 Å². The zero-order valence-electron chi connectivity index (χ0n) is 13.7. The van der Waals surface area contributed by atoms with Crippen LogP contribution >= 0.6 is 11.8 Å². The number of Topliss-reactive ketones (excluding diaryl/α,β-unsaturated/α-hetero) is 1. The number of aryl methyl sites for hydroxylation is 2. The number of pyridine rings is 1. The number of nitrogens with zero attached hydrogens (tertiary/aromatic N) is 3. The lowest BCUT2D eigenvalue weighted by Crippen LogP contribution is -2.23. The van der Waals surface area contributed by atoms with E-state index >= 15 is 0 Å². The summed E-state index contributed by atoms with van der Waals surface area (Å²) >= 11 is 1.15. The third-order valence-electron chi connectivity index (χ3n) is 3.21. The van der Waals surface area contributed by atoms with Crippen molar-refractivity contribution in [3.05, 3.63) is 34.7 Å². The second-order valence-electron chi connectivity index (χ2n) is 5.21. The Bertz CT molecular complexity index is 838. The van der Waals surface area contributed by atoms with E-state index < -0.39 is 5.25 Å². The first kappa shape index (κ1) is 17.7. The van der Waals surface area contributed by atoms with Gasteiger partial charge in [0.15, 0.2) is 11.6 Å². The molecule has 0 saturated carbocycles. The Morgan fingerprint density at radius 1 is 1.38 bits per heavy atom. The van der Waals surface area contributed by atoms with Crippen molar-refractivity contribution in [2.75, 3.05) is 5.32 Å². The lowest BCUT2D eigenvalue weighted by molar-refractivity contribution is -0.115. The molecule has 24 heavy (non-hydrogen) atoms. The van der Waals surface area contributed by atoms with Crippen LogP contribution in [0.15, 0.2) is 21.7 Å². The summed E-state index contributed by atoms with van der Waals surface area (Å²) in [4.78, 5) is 28.1. The number of hydrogen-bond donors (Lipinski definition) is 1. The van der Waals surface area contributed by atoms with Crippen molar-refractivity contribution in [1.29, 1.82) is 5.26 Å². The minimum atomic E-state index is -0.510. The lowest BCUT2D eigenvalue weighted by Gasteiger charge is -2.12. The van der Waals surface area contributed by atoms with Gasteiger partial charge in [-0.1, -0.05) is 16.9 Å². The lowest BCUT2D eigenvalue weighted by atomic mass is 10.1. The van der Waals surface area contributed by atoms with Gasteiger partial charge in [-0.3, -0.25) is 9.59 Å². The summed E-state index contributed by atoms with van der Waals surface area (Å²) in [6.45, 7) is 6.55. The summed E-state index contributed by atoms with van der Waals surface area (Å²) in [7, 11) is 0. The van der Waals surface area contributed by atoms with E-state index in [1.165, 1.54) is 13.0 Å². The van der Waals surface area contributed by atoms with Crippen LogP contribution in [0.5, 0.6) is 0 Å². The highest BCUT2D eigenvalue weighted by molar-refractivity contribution is 8.00. The van der Waals surface area contributed by atoms with Crippen molar-refractivity contribution in [2.45, 2.75) is 38.0 Å². The van der Waals surface area contributed by atoms with Gasteiger partial charge in [-0.05, 0) is 33.8 Å². The van der Waals surface area contributed by atoms with Crippen LogP contribution in [0.1, 0.15) is 41.2 Å². The Morgan fingerprint density at radius 3 is 2.62 bits per heavy atom. The zero-order chi connectivity index (χ0) is 17.9. The minimum absolute atomic E-state index is 0.153. The van der Waals surface area contributed by atoms with Crippen LogP contribution in [0, 0.1) is 25.2 Å². The fraction of sp³-hybridized carbons (Fsp3) is 0.312. The molecule has 1 atom stereocenters. The standard InChI is InChI=1S/C16H16N4O3S/c1-8-5-14(20-23-8)19-15(22)11(4)24-16-12(7-17)6-13(10(3)21)9(2)18-16/h5-6,11H,1-4H3,(H,19,20,22)/t11-/m0/s1. The number of ketones is 1. The van der Waals surface area contributed by atoms with Crippen molar-refractivity contribution in [1.82, 2.24) is 10.1 Å². The zero-order valence-corrected chi connectivity index (χ0v) is 14.5. The second kappa shape index (κ2) is 7.27. The van der Waals surface area contributed by atoms with Crippen LogP contribution in [0.3, 0.4) is 0 Å². The molecule has 8 heteroatoms. The monoisotopic (exact) mass is 344 g/mol. The summed E-state index contributed by atoms with van der Waals surface area (Å²) in [5.74, 6) is 0.489. The molecular weight excluding hydrogens is 328 g/mol. The van der Waals surface area contributed by atoms with Gasteiger partial charge in [-0.15, -0.1) is 0 Å². The van der Waals surface area contributed by atoms with Gasteiger partial charge in [0.25, 0.3) is 0 Å². The maximum absolute atomic E-state index is 12.2. The quantitative estimate of drug-likeness (QED) is 0.656. The predicted octanol–water partition coefficient (Wildman–Crippen LogP) is 2.88. The molecule has 2 aromatic heterocycles. The van der Waals surface area contributed by atoms with Crippen molar-refractivity contribution in [2.24, 2.45) is 0 Å². The average molecular weight is 344 g/mol. The van der Waals surface area contributed by atoms with Crippen molar-refractivity contribution in [3.63, 3.8) is 0 Å². The summed E-state index contributed by atoms with van der Waals surface area (Å²) in [6, 6.07) is 5.14. The first-order valence-electron chi connectivity index (χ1n) is 7.15. The smallest absolute Gasteiger partial charge is 0.238 e. The van der Waals surface area contributed by atoms with Gasteiger partial charge < -0.3 is 9.84 Å². The van der Waals surface area contributed by atoms with E-state index in [-0.39, 0.29) is 17.3 Å². The number of aromatic nitrogens is 2. The highest BCUT2D eigenvalue weighted by Gasteiger charge is 2.20. The third kappa shape index (κ3) is 4.00. The Labute approximate surface area is 143 Å². The van der Waals surface area contributed by atoms with Crippen LogP contribution in [0.4, 0.5) is 5.82 Å². The molecule has 0 aliphatic carbocycles. The molecule has 0 bridgehead atoms. The molecule has 0 radical (unpaired) electrons. The molecule has 0 fully saturated rings. The van der Waals surface area contributed by atoms with E-state index in [1.807, 2.05) is 6.07 Å². The fourth-order valence-electron chi connectivity index (χ4n) is 1.98. The molecule has 2 aromatic rings. The topological polar surface area (TPSA) is 109 Å². The minimum Gasteiger partial charge on any atom is -0.360 e. The van der Waals surface area contributed by atoms with Crippen LogP contribution in [0.25, 0.3) is 0 Å². The van der Waals surface area contributed by atoms with E-state index in [0.29, 0.717) is 27.9 Å². The van der Waals surface area contributed by atoms with Gasteiger partial charge in [0.2, 0.25) is 5.91 Å². The number of nitriles is 1. The third-order valence-corrected chi connectivity index (χ3v) is 4.32. The largest absolute Gasteiger partial charge is 0.360 e. The maximum atomic E-state index is 12.2. The average Bonchev–Trinajstić information content (AvgIpc) is 2.92. The molecule has 0 unspecified atom stereocenters. The predicted molar refractivity (Wildman–Crippen MR) is 88.9 cm³/mol. The molecule has 1 amide bonds. The number of thioether (sulfide) groups is 1. The molecule has 0 aliphatic heterocycles. The Kier molecular flexibility index (Phi) is 5.36. The van der Waals surface area contributed by atoms with E-state index in [2.05, 4.69) is 15.5 Å². The second-order valence-corrected chi connectivity index (χ2v) is 6.54. The number of rotatable bonds is 5.